The third kappa shape index (κ3) is 4.00. The molecule has 1 aromatic rings. The molecule has 0 amide bonds. The van der Waals surface area contributed by atoms with Gasteiger partial charge in [-0.15, -0.1) is 0 Å². The number of nitrogens with two attached hydrogens (primary N) is 1. The number of rotatable bonds is 3. The van der Waals surface area contributed by atoms with E-state index in [0.29, 0.717) is 11.4 Å². The zero-order valence-electron chi connectivity index (χ0n) is 15.7. The lowest BCUT2D eigenvalue weighted by atomic mass is 9.84. The summed E-state index contributed by atoms with van der Waals surface area (Å²) in [6.07, 6.45) is 9.57. The fourth-order valence-electron chi connectivity index (χ4n) is 4.10. The van der Waals surface area contributed by atoms with Crippen LogP contribution in [-0.4, -0.2) is 18.4 Å². The predicted octanol–water partition coefficient (Wildman–Crippen LogP) is 4.08. The third-order valence-corrected chi connectivity index (χ3v) is 5.40. The minimum Gasteiger partial charge on any atom is -0.495 e. The van der Waals surface area contributed by atoms with Crippen LogP contribution in [0.3, 0.4) is 0 Å². The van der Waals surface area contributed by atoms with E-state index in [0.717, 1.165) is 30.5 Å². The Labute approximate surface area is 150 Å². The number of ketones is 1. The Kier molecular flexibility index (Phi) is 5.07. The lowest BCUT2D eigenvalue weighted by Crippen LogP contribution is -2.44. The van der Waals surface area contributed by atoms with Crippen LogP contribution in [0.15, 0.2) is 18.2 Å². The van der Waals surface area contributed by atoms with Crippen molar-refractivity contribution in [1.82, 2.24) is 5.32 Å². The molecule has 3 rings (SSSR count). The molecule has 1 aliphatic carbocycles. The van der Waals surface area contributed by atoms with Crippen molar-refractivity contribution in [3.8, 4) is 5.75 Å². The lowest BCUT2D eigenvalue weighted by Gasteiger charge is -2.36. The van der Waals surface area contributed by atoms with Crippen molar-refractivity contribution in [1.29, 1.82) is 0 Å². The van der Waals surface area contributed by atoms with Crippen LogP contribution in [0.2, 0.25) is 0 Å². The monoisotopic (exact) mass is 342 g/mol. The summed E-state index contributed by atoms with van der Waals surface area (Å²) in [4.78, 5) is 12.9. The van der Waals surface area contributed by atoms with Crippen molar-refractivity contribution in [3.63, 3.8) is 0 Å². The summed E-state index contributed by atoms with van der Waals surface area (Å²) in [7, 11) is 1.64. The Hall–Kier alpha value is -1.97. The summed E-state index contributed by atoms with van der Waals surface area (Å²) in [5, 5.41) is 3.54. The van der Waals surface area contributed by atoms with Crippen molar-refractivity contribution < 1.29 is 9.53 Å². The van der Waals surface area contributed by atoms with Gasteiger partial charge in [0.05, 0.1) is 12.8 Å². The average Bonchev–Trinajstić information content (AvgIpc) is 2.83. The smallest absolute Gasteiger partial charge is 0.160 e. The van der Waals surface area contributed by atoms with Gasteiger partial charge in [-0.25, -0.2) is 0 Å². The maximum absolute atomic E-state index is 12.9. The van der Waals surface area contributed by atoms with E-state index in [2.05, 4.69) is 19.2 Å². The minimum absolute atomic E-state index is 0.107. The summed E-state index contributed by atoms with van der Waals surface area (Å²) in [6, 6.07) is 3.94. The van der Waals surface area contributed by atoms with Gasteiger partial charge in [0.2, 0.25) is 0 Å². The fraction of sp³-hybridized carbons (Fsp3) is 0.571. The van der Waals surface area contributed by atoms with E-state index < -0.39 is 0 Å². The first-order valence-corrected chi connectivity index (χ1v) is 9.40. The summed E-state index contributed by atoms with van der Waals surface area (Å²) in [6.45, 7) is 4.31. The molecule has 2 aliphatic rings. The fourth-order valence-corrected chi connectivity index (χ4v) is 4.10. The van der Waals surface area contributed by atoms with Gasteiger partial charge in [0.25, 0.3) is 0 Å². The number of hydrogen-bond donors (Lipinski definition) is 2. The largest absolute Gasteiger partial charge is 0.495 e. The van der Waals surface area contributed by atoms with Crippen molar-refractivity contribution in [2.45, 2.75) is 64.3 Å². The van der Waals surface area contributed by atoms with E-state index in [1.807, 2.05) is 18.2 Å². The van der Waals surface area contributed by atoms with Gasteiger partial charge in [-0.3, -0.25) is 4.79 Å². The molecule has 0 unspecified atom stereocenters. The van der Waals surface area contributed by atoms with Crippen molar-refractivity contribution >= 4 is 17.2 Å². The quantitative estimate of drug-likeness (QED) is 0.493. The first kappa shape index (κ1) is 17.8. The molecule has 25 heavy (non-hydrogen) atoms. The second-order valence-electron chi connectivity index (χ2n) is 8.09. The summed E-state index contributed by atoms with van der Waals surface area (Å²) in [5.41, 5.74) is 9.71. The maximum Gasteiger partial charge on any atom is 0.160 e. The highest BCUT2D eigenvalue weighted by Gasteiger charge is 2.30. The number of ether oxygens (including phenoxy) is 1. The Balaban J connectivity index is 1.95. The van der Waals surface area contributed by atoms with Gasteiger partial charge >= 0.3 is 0 Å². The zero-order chi connectivity index (χ0) is 18.0. The molecule has 1 aliphatic heterocycles. The van der Waals surface area contributed by atoms with Gasteiger partial charge in [0.1, 0.15) is 5.75 Å². The van der Waals surface area contributed by atoms with Crippen LogP contribution in [0.5, 0.6) is 5.75 Å². The molecular weight excluding hydrogens is 312 g/mol. The standard InChI is InChI=1S/C21H30N2O2/c1-21(2)13-15-10-20(25-3)17(22)11-16(15)18(23-21)12-19(24)14-8-6-4-5-7-9-14/h10-12,14,23H,4-9,13,22H2,1-3H3/b18-12-. The lowest BCUT2D eigenvalue weighted by molar-refractivity contribution is -0.118. The number of fused-ring (bicyclic) bond motifs is 1. The normalized spacial score (nSPS) is 22.0. The number of nitrogen functional groups attached to an aromatic ring is 1. The van der Waals surface area contributed by atoms with Gasteiger partial charge in [-0.1, -0.05) is 25.7 Å². The van der Waals surface area contributed by atoms with Crippen LogP contribution in [0.4, 0.5) is 5.69 Å². The second kappa shape index (κ2) is 7.11. The topological polar surface area (TPSA) is 64.3 Å². The number of allylic oxidation sites excluding steroid dienone is 1. The van der Waals surface area contributed by atoms with Crippen molar-refractivity contribution in [2.75, 3.05) is 12.8 Å². The zero-order valence-corrected chi connectivity index (χ0v) is 15.7. The summed E-state index contributed by atoms with van der Waals surface area (Å²) >= 11 is 0. The molecule has 0 saturated heterocycles. The highest BCUT2D eigenvalue weighted by molar-refractivity contribution is 5.99. The van der Waals surface area contributed by atoms with Crippen molar-refractivity contribution in [3.05, 3.63) is 29.3 Å². The van der Waals surface area contributed by atoms with E-state index in [1.165, 1.54) is 31.2 Å². The molecule has 0 bridgehead atoms. The molecule has 3 N–H and O–H groups in total. The van der Waals surface area contributed by atoms with E-state index in [1.54, 1.807) is 7.11 Å². The SMILES string of the molecule is COc1cc2c(cc1N)/C(=C/C(=O)C1CCCCCC1)NC(C)(C)C2. The number of hydrogen-bond acceptors (Lipinski definition) is 4. The van der Waals surface area contributed by atoms with E-state index in [9.17, 15) is 4.79 Å². The predicted molar refractivity (Wildman–Crippen MR) is 103 cm³/mol. The van der Waals surface area contributed by atoms with Crippen LogP contribution in [-0.2, 0) is 11.2 Å². The van der Waals surface area contributed by atoms with Crippen LogP contribution >= 0.6 is 0 Å². The average molecular weight is 342 g/mol. The van der Waals surface area contributed by atoms with Crippen LogP contribution in [0.1, 0.15) is 63.5 Å². The number of anilines is 1. The molecule has 0 radical (unpaired) electrons. The number of nitrogens with one attached hydrogen (secondary N) is 1. The molecule has 1 aromatic carbocycles. The Morgan fingerprint density at radius 3 is 2.56 bits per heavy atom. The van der Waals surface area contributed by atoms with Crippen LogP contribution < -0.4 is 15.8 Å². The van der Waals surface area contributed by atoms with Gasteiger partial charge in [-0.2, -0.15) is 0 Å². The third-order valence-electron chi connectivity index (χ3n) is 5.40. The highest BCUT2D eigenvalue weighted by Crippen LogP contribution is 2.36. The van der Waals surface area contributed by atoms with Gasteiger partial charge in [0, 0.05) is 28.8 Å². The molecule has 0 atom stereocenters. The molecule has 1 saturated carbocycles. The number of carbonyl (C=O) groups is 1. The van der Waals surface area contributed by atoms with Crippen LogP contribution in [0.25, 0.3) is 5.70 Å². The Bertz CT molecular complexity index is 683. The van der Waals surface area contributed by atoms with Crippen molar-refractivity contribution in [2.24, 2.45) is 5.92 Å². The van der Waals surface area contributed by atoms with E-state index in [-0.39, 0.29) is 17.2 Å². The van der Waals surface area contributed by atoms with Gasteiger partial charge in [0.15, 0.2) is 5.78 Å². The molecule has 1 fully saturated rings. The summed E-state index contributed by atoms with van der Waals surface area (Å²) in [5.74, 6) is 1.12. The van der Waals surface area contributed by atoms with E-state index in [4.69, 9.17) is 10.5 Å². The van der Waals surface area contributed by atoms with Crippen LogP contribution in [0, 0.1) is 5.92 Å². The Morgan fingerprint density at radius 1 is 1.24 bits per heavy atom. The molecule has 4 nitrogen and oxygen atoms in total. The van der Waals surface area contributed by atoms with Gasteiger partial charge < -0.3 is 15.8 Å². The Morgan fingerprint density at radius 2 is 1.92 bits per heavy atom. The summed E-state index contributed by atoms with van der Waals surface area (Å²) < 4.78 is 5.37. The first-order chi connectivity index (χ1) is 11.9. The molecule has 0 aromatic heterocycles. The molecule has 0 spiro atoms. The molecule has 136 valence electrons. The molecular formula is C21H30N2O2. The van der Waals surface area contributed by atoms with Gasteiger partial charge in [-0.05, 0) is 50.8 Å². The maximum atomic E-state index is 12.9. The highest BCUT2D eigenvalue weighted by atomic mass is 16.5. The number of carbonyl (C=O) groups excluding carboxylic acids is 1. The minimum atomic E-state index is -0.107. The van der Waals surface area contributed by atoms with E-state index >= 15 is 0 Å². The second-order valence-corrected chi connectivity index (χ2v) is 8.09. The first-order valence-electron chi connectivity index (χ1n) is 9.40. The molecule has 4 heteroatoms. The molecule has 1 heterocycles. The number of methoxy groups -OCH3 is 1. The number of benzene rings is 1.